The fourth-order valence-corrected chi connectivity index (χ4v) is 2.41. The summed E-state index contributed by atoms with van der Waals surface area (Å²) in [5.41, 5.74) is 0. The highest BCUT2D eigenvalue weighted by Gasteiger charge is 2.00. The summed E-state index contributed by atoms with van der Waals surface area (Å²) < 4.78 is 0. The van der Waals surface area contributed by atoms with Crippen LogP contribution in [-0.4, -0.2) is 23.1 Å². The number of nitrogens with zero attached hydrogens (tertiary/aromatic N) is 2. The SMILES string of the molecule is CCCCCCCCCCNc1cc(NCC)nc(C)n1. The quantitative estimate of drug-likeness (QED) is 0.545. The van der Waals surface area contributed by atoms with Crippen molar-refractivity contribution in [2.45, 2.75) is 72.1 Å². The topological polar surface area (TPSA) is 49.8 Å². The Hall–Kier alpha value is -1.32. The molecule has 0 atom stereocenters. The van der Waals surface area contributed by atoms with Gasteiger partial charge in [0.15, 0.2) is 0 Å². The molecule has 4 nitrogen and oxygen atoms in total. The fourth-order valence-electron chi connectivity index (χ4n) is 2.41. The van der Waals surface area contributed by atoms with Gasteiger partial charge in [-0.3, -0.25) is 0 Å². The van der Waals surface area contributed by atoms with Gasteiger partial charge in [0.2, 0.25) is 0 Å². The highest BCUT2D eigenvalue weighted by Crippen LogP contribution is 2.12. The van der Waals surface area contributed by atoms with Gasteiger partial charge < -0.3 is 10.6 Å². The van der Waals surface area contributed by atoms with Crippen LogP contribution in [-0.2, 0) is 0 Å². The molecule has 1 heterocycles. The molecule has 0 radical (unpaired) electrons. The molecule has 1 aromatic rings. The number of anilines is 2. The molecule has 0 aliphatic carbocycles. The van der Waals surface area contributed by atoms with Gasteiger partial charge in [-0.25, -0.2) is 9.97 Å². The summed E-state index contributed by atoms with van der Waals surface area (Å²) in [6.45, 7) is 8.15. The van der Waals surface area contributed by atoms with Crippen LogP contribution >= 0.6 is 0 Å². The van der Waals surface area contributed by atoms with Crippen LogP contribution in [0, 0.1) is 6.92 Å². The second kappa shape index (κ2) is 11.4. The summed E-state index contributed by atoms with van der Waals surface area (Å²) in [4.78, 5) is 8.78. The van der Waals surface area contributed by atoms with Crippen molar-refractivity contribution in [3.05, 3.63) is 11.9 Å². The molecule has 120 valence electrons. The lowest BCUT2D eigenvalue weighted by Crippen LogP contribution is -2.07. The second-order valence-electron chi connectivity index (χ2n) is 5.62. The number of hydrogen-bond donors (Lipinski definition) is 2. The van der Waals surface area contributed by atoms with E-state index in [0.717, 1.165) is 30.5 Å². The van der Waals surface area contributed by atoms with Crippen molar-refractivity contribution in [1.29, 1.82) is 0 Å². The molecule has 0 saturated heterocycles. The van der Waals surface area contributed by atoms with Gasteiger partial charge in [0.25, 0.3) is 0 Å². The zero-order chi connectivity index (χ0) is 15.3. The minimum Gasteiger partial charge on any atom is -0.370 e. The summed E-state index contributed by atoms with van der Waals surface area (Å²) in [6, 6.07) is 1.99. The monoisotopic (exact) mass is 292 g/mol. The molecular weight excluding hydrogens is 260 g/mol. The van der Waals surface area contributed by atoms with Crippen molar-refractivity contribution in [2.24, 2.45) is 0 Å². The van der Waals surface area contributed by atoms with E-state index in [1.807, 2.05) is 13.0 Å². The molecule has 0 aliphatic rings. The Morgan fingerprint density at radius 2 is 1.38 bits per heavy atom. The highest BCUT2D eigenvalue weighted by molar-refractivity contribution is 5.47. The largest absolute Gasteiger partial charge is 0.370 e. The van der Waals surface area contributed by atoms with Gasteiger partial charge in [-0.1, -0.05) is 51.9 Å². The molecule has 0 unspecified atom stereocenters. The Kier molecular flexibility index (Phi) is 9.58. The molecule has 4 heteroatoms. The third kappa shape index (κ3) is 8.53. The van der Waals surface area contributed by atoms with Crippen molar-refractivity contribution >= 4 is 11.6 Å². The second-order valence-corrected chi connectivity index (χ2v) is 5.62. The Bertz CT molecular complexity index is 379. The first-order valence-corrected chi connectivity index (χ1v) is 8.59. The molecule has 0 amide bonds. The maximum absolute atomic E-state index is 4.42. The number of unbranched alkanes of at least 4 members (excludes halogenated alkanes) is 7. The first kappa shape index (κ1) is 17.7. The van der Waals surface area contributed by atoms with Crippen molar-refractivity contribution < 1.29 is 0 Å². The van der Waals surface area contributed by atoms with Gasteiger partial charge >= 0.3 is 0 Å². The maximum atomic E-state index is 4.42. The van der Waals surface area contributed by atoms with Crippen molar-refractivity contribution in [3.8, 4) is 0 Å². The standard InChI is InChI=1S/C17H32N4/c1-4-6-7-8-9-10-11-12-13-19-17-14-16(18-5-2)20-15(3)21-17/h14H,4-13H2,1-3H3,(H2,18,19,20,21). The Morgan fingerprint density at radius 3 is 2.00 bits per heavy atom. The van der Waals surface area contributed by atoms with E-state index in [9.17, 15) is 0 Å². The van der Waals surface area contributed by atoms with Crippen LogP contribution in [0.15, 0.2) is 6.07 Å². The summed E-state index contributed by atoms with van der Waals surface area (Å²) in [7, 11) is 0. The van der Waals surface area contributed by atoms with Crippen molar-refractivity contribution in [2.75, 3.05) is 23.7 Å². The molecule has 0 aromatic carbocycles. The van der Waals surface area contributed by atoms with Gasteiger partial charge in [0.05, 0.1) is 0 Å². The van der Waals surface area contributed by atoms with E-state index < -0.39 is 0 Å². The van der Waals surface area contributed by atoms with Crippen molar-refractivity contribution in [1.82, 2.24) is 9.97 Å². The lowest BCUT2D eigenvalue weighted by atomic mass is 10.1. The zero-order valence-electron chi connectivity index (χ0n) is 14.0. The molecule has 21 heavy (non-hydrogen) atoms. The summed E-state index contributed by atoms with van der Waals surface area (Å²) in [5.74, 6) is 2.65. The van der Waals surface area contributed by atoms with Gasteiger partial charge in [-0.2, -0.15) is 0 Å². The van der Waals surface area contributed by atoms with E-state index >= 15 is 0 Å². The maximum Gasteiger partial charge on any atom is 0.131 e. The molecule has 0 saturated carbocycles. The Labute approximate surface area is 130 Å². The molecule has 2 N–H and O–H groups in total. The first-order valence-electron chi connectivity index (χ1n) is 8.59. The third-order valence-corrected chi connectivity index (χ3v) is 3.53. The van der Waals surface area contributed by atoms with Crippen molar-refractivity contribution in [3.63, 3.8) is 0 Å². The van der Waals surface area contributed by atoms with Gasteiger partial charge in [0.1, 0.15) is 17.5 Å². The number of hydrogen-bond acceptors (Lipinski definition) is 4. The average Bonchev–Trinajstić information content (AvgIpc) is 2.45. The number of rotatable bonds is 12. The van der Waals surface area contributed by atoms with Crippen LogP contribution in [0.1, 0.15) is 71.0 Å². The van der Waals surface area contributed by atoms with E-state index in [1.165, 1.54) is 51.4 Å². The summed E-state index contributed by atoms with van der Waals surface area (Å²) in [5, 5.41) is 6.64. The van der Waals surface area contributed by atoms with E-state index in [-0.39, 0.29) is 0 Å². The molecule has 1 rings (SSSR count). The fraction of sp³-hybridized carbons (Fsp3) is 0.765. The lowest BCUT2D eigenvalue weighted by molar-refractivity contribution is 0.581. The van der Waals surface area contributed by atoms with E-state index in [4.69, 9.17) is 0 Å². The van der Waals surface area contributed by atoms with Gasteiger partial charge in [-0.05, 0) is 20.3 Å². The molecule has 0 spiro atoms. The van der Waals surface area contributed by atoms with Crippen LogP contribution in [0.3, 0.4) is 0 Å². The van der Waals surface area contributed by atoms with Crippen LogP contribution in [0.2, 0.25) is 0 Å². The predicted octanol–water partition coefficient (Wildman–Crippen LogP) is 4.77. The summed E-state index contributed by atoms with van der Waals surface area (Å²) >= 11 is 0. The van der Waals surface area contributed by atoms with Crippen LogP contribution in [0.5, 0.6) is 0 Å². The molecular formula is C17H32N4. The molecule has 1 aromatic heterocycles. The van der Waals surface area contributed by atoms with E-state index in [0.29, 0.717) is 0 Å². The molecule has 0 bridgehead atoms. The minimum atomic E-state index is 0.812. The minimum absolute atomic E-state index is 0.812. The predicted molar refractivity (Wildman–Crippen MR) is 92.0 cm³/mol. The third-order valence-electron chi connectivity index (χ3n) is 3.53. The van der Waals surface area contributed by atoms with E-state index in [2.05, 4.69) is 34.4 Å². The lowest BCUT2D eigenvalue weighted by Gasteiger charge is -2.09. The Balaban J connectivity index is 2.12. The highest BCUT2D eigenvalue weighted by atomic mass is 15.1. The average molecular weight is 292 g/mol. The smallest absolute Gasteiger partial charge is 0.131 e. The van der Waals surface area contributed by atoms with Crippen LogP contribution in [0.25, 0.3) is 0 Å². The summed E-state index contributed by atoms with van der Waals surface area (Å²) in [6.07, 6.45) is 10.8. The van der Waals surface area contributed by atoms with Gasteiger partial charge in [-0.15, -0.1) is 0 Å². The molecule has 0 aliphatic heterocycles. The van der Waals surface area contributed by atoms with Gasteiger partial charge in [0, 0.05) is 19.2 Å². The van der Waals surface area contributed by atoms with E-state index in [1.54, 1.807) is 0 Å². The molecule has 0 fully saturated rings. The number of aryl methyl sites for hydroxylation is 1. The Morgan fingerprint density at radius 1 is 0.810 bits per heavy atom. The number of aromatic nitrogens is 2. The normalized spacial score (nSPS) is 10.6. The van der Waals surface area contributed by atoms with Crippen LogP contribution in [0.4, 0.5) is 11.6 Å². The number of nitrogens with one attached hydrogen (secondary N) is 2. The van der Waals surface area contributed by atoms with Crippen LogP contribution < -0.4 is 10.6 Å². The zero-order valence-corrected chi connectivity index (χ0v) is 14.0. The first-order chi connectivity index (χ1) is 10.3.